The monoisotopic (exact) mass is 371 g/mol. The lowest BCUT2D eigenvalue weighted by Crippen LogP contribution is -2.27. The van der Waals surface area contributed by atoms with Crippen molar-refractivity contribution in [1.82, 2.24) is 15.5 Å². The standard InChI is InChI=1S/C19H18FN3O2S/c1-13-3-2-4-15(11-13)18-22-23-19(25-18)26-12-17(24)21-10-9-14-5-7-16(20)8-6-14/h2-8,11H,9-10,12H2,1H3,(H,21,24). The molecule has 0 saturated carbocycles. The number of halogens is 1. The summed E-state index contributed by atoms with van der Waals surface area (Å²) < 4.78 is 18.4. The molecule has 0 fully saturated rings. The number of benzene rings is 2. The smallest absolute Gasteiger partial charge is 0.277 e. The van der Waals surface area contributed by atoms with Gasteiger partial charge in [-0.2, -0.15) is 0 Å². The summed E-state index contributed by atoms with van der Waals surface area (Å²) in [6, 6.07) is 14.0. The van der Waals surface area contributed by atoms with Gasteiger partial charge in [-0.05, 0) is 43.2 Å². The van der Waals surface area contributed by atoms with Crippen molar-refractivity contribution in [2.75, 3.05) is 12.3 Å². The van der Waals surface area contributed by atoms with Crippen molar-refractivity contribution in [2.45, 2.75) is 18.6 Å². The van der Waals surface area contributed by atoms with E-state index < -0.39 is 0 Å². The number of rotatable bonds is 7. The number of amides is 1. The number of thioether (sulfide) groups is 1. The number of hydrogen-bond donors (Lipinski definition) is 1. The molecule has 3 rings (SSSR count). The summed E-state index contributed by atoms with van der Waals surface area (Å²) in [7, 11) is 0. The van der Waals surface area contributed by atoms with Gasteiger partial charge in [-0.15, -0.1) is 10.2 Å². The molecule has 1 heterocycles. The number of nitrogens with one attached hydrogen (secondary N) is 1. The summed E-state index contributed by atoms with van der Waals surface area (Å²) in [6.07, 6.45) is 0.648. The topological polar surface area (TPSA) is 68.0 Å². The summed E-state index contributed by atoms with van der Waals surface area (Å²) in [5.41, 5.74) is 2.93. The zero-order valence-electron chi connectivity index (χ0n) is 14.2. The third-order valence-electron chi connectivity index (χ3n) is 3.65. The van der Waals surface area contributed by atoms with E-state index in [1.807, 2.05) is 31.2 Å². The van der Waals surface area contributed by atoms with Gasteiger partial charge in [0, 0.05) is 12.1 Å². The predicted molar refractivity (Wildman–Crippen MR) is 98.3 cm³/mol. The molecule has 0 spiro atoms. The lowest BCUT2D eigenvalue weighted by atomic mass is 10.1. The quantitative estimate of drug-likeness (QED) is 0.642. The van der Waals surface area contributed by atoms with Gasteiger partial charge in [0.05, 0.1) is 5.75 Å². The first-order valence-corrected chi connectivity index (χ1v) is 9.13. The van der Waals surface area contributed by atoms with E-state index in [4.69, 9.17) is 4.42 Å². The summed E-state index contributed by atoms with van der Waals surface area (Å²) in [6.45, 7) is 2.48. The Labute approximate surface area is 155 Å². The van der Waals surface area contributed by atoms with Crippen LogP contribution in [-0.2, 0) is 11.2 Å². The Morgan fingerprint density at radius 1 is 1.19 bits per heavy atom. The molecule has 0 aliphatic heterocycles. The first-order chi connectivity index (χ1) is 12.6. The zero-order valence-corrected chi connectivity index (χ0v) is 15.1. The molecule has 1 aromatic heterocycles. The molecule has 0 radical (unpaired) electrons. The molecule has 0 atom stereocenters. The van der Waals surface area contributed by atoms with Crippen molar-refractivity contribution in [2.24, 2.45) is 0 Å². The molecule has 5 nitrogen and oxygen atoms in total. The van der Waals surface area contributed by atoms with E-state index in [0.717, 1.165) is 16.7 Å². The Bertz CT molecular complexity index is 881. The number of nitrogens with zero attached hydrogens (tertiary/aromatic N) is 2. The van der Waals surface area contributed by atoms with E-state index in [0.29, 0.717) is 24.1 Å². The molecule has 134 valence electrons. The summed E-state index contributed by atoms with van der Waals surface area (Å²) in [4.78, 5) is 11.9. The van der Waals surface area contributed by atoms with Crippen molar-refractivity contribution in [3.05, 3.63) is 65.5 Å². The fourth-order valence-corrected chi connectivity index (χ4v) is 2.93. The fourth-order valence-electron chi connectivity index (χ4n) is 2.34. The van der Waals surface area contributed by atoms with Crippen molar-refractivity contribution in [1.29, 1.82) is 0 Å². The number of aromatic nitrogens is 2. The second-order valence-electron chi connectivity index (χ2n) is 5.76. The lowest BCUT2D eigenvalue weighted by molar-refractivity contribution is -0.118. The highest BCUT2D eigenvalue weighted by atomic mass is 32.2. The molecule has 3 aromatic rings. The molecule has 0 aliphatic rings. The molecule has 1 N–H and O–H groups in total. The van der Waals surface area contributed by atoms with Crippen LogP contribution < -0.4 is 5.32 Å². The van der Waals surface area contributed by atoms with Crippen LogP contribution in [0.25, 0.3) is 11.5 Å². The van der Waals surface area contributed by atoms with Crippen LogP contribution in [0.15, 0.2) is 58.2 Å². The zero-order chi connectivity index (χ0) is 18.4. The van der Waals surface area contributed by atoms with Gasteiger partial charge >= 0.3 is 0 Å². The first-order valence-electron chi connectivity index (χ1n) is 8.14. The molecular formula is C19H18FN3O2S. The van der Waals surface area contributed by atoms with Crippen LogP contribution in [0.4, 0.5) is 4.39 Å². The van der Waals surface area contributed by atoms with Crippen LogP contribution in [0.2, 0.25) is 0 Å². The molecule has 0 bridgehead atoms. The van der Waals surface area contributed by atoms with Gasteiger partial charge in [-0.25, -0.2) is 4.39 Å². The summed E-state index contributed by atoms with van der Waals surface area (Å²) in [5.74, 6) is 0.248. The Kier molecular flexibility index (Phi) is 6.01. The minimum Gasteiger partial charge on any atom is -0.411 e. The Balaban J connectivity index is 1.44. The van der Waals surface area contributed by atoms with Gasteiger partial charge in [-0.3, -0.25) is 4.79 Å². The molecule has 7 heteroatoms. The van der Waals surface area contributed by atoms with E-state index >= 15 is 0 Å². The first kappa shape index (κ1) is 18.1. The SMILES string of the molecule is Cc1cccc(-c2nnc(SCC(=O)NCCc3ccc(F)cc3)o2)c1. The van der Waals surface area contributed by atoms with Gasteiger partial charge in [-0.1, -0.05) is 41.6 Å². The minimum atomic E-state index is -0.265. The second kappa shape index (κ2) is 8.62. The molecule has 1 amide bonds. The molecule has 26 heavy (non-hydrogen) atoms. The van der Waals surface area contributed by atoms with E-state index in [1.54, 1.807) is 12.1 Å². The normalized spacial score (nSPS) is 10.7. The lowest BCUT2D eigenvalue weighted by Gasteiger charge is -2.04. The minimum absolute atomic E-state index is 0.118. The number of carbonyl (C=O) groups is 1. The third-order valence-corrected chi connectivity index (χ3v) is 4.47. The van der Waals surface area contributed by atoms with Crippen LogP contribution in [0.5, 0.6) is 0 Å². The van der Waals surface area contributed by atoms with Crippen LogP contribution in [0.1, 0.15) is 11.1 Å². The molecule has 0 unspecified atom stereocenters. The van der Waals surface area contributed by atoms with Crippen molar-refractivity contribution in [3.8, 4) is 11.5 Å². The number of aryl methyl sites for hydroxylation is 1. The maximum absolute atomic E-state index is 12.8. The maximum Gasteiger partial charge on any atom is 0.277 e. The molecule has 2 aromatic carbocycles. The average molecular weight is 371 g/mol. The van der Waals surface area contributed by atoms with Crippen molar-refractivity contribution < 1.29 is 13.6 Å². The Morgan fingerprint density at radius 3 is 2.77 bits per heavy atom. The maximum atomic E-state index is 12.8. The van der Waals surface area contributed by atoms with Crippen molar-refractivity contribution >= 4 is 17.7 Å². The van der Waals surface area contributed by atoms with E-state index in [2.05, 4.69) is 15.5 Å². The summed E-state index contributed by atoms with van der Waals surface area (Å²) >= 11 is 1.19. The Hall–Kier alpha value is -2.67. The van der Waals surface area contributed by atoms with Crippen LogP contribution in [0.3, 0.4) is 0 Å². The van der Waals surface area contributed by atoms with Gasteiger partial charge < -0.3 is 9.73 Å². The van der Waals surface area contributed by atoms with Crippen LogP contribution in [-0.4, -0.2) is 28.4 Å². The van der Waals surface area contributed by atoms with Gasteiger partial charge in [0.25, 0.3) is 5.22 Å². The molecule has 0 aliphatic carbocycles. The fraction of sp³-hybridized carbons (Fsp3) is 0.211. The number of carbonyl (C=O) groups excluding carboxylic acids is 1. The van der Waals surface area contributed by atoms with Gasteiger partial charge in [0.1, 0.15) is 5.82 Å². The van der Waals surface area contributed by atoms with Crippen LogP contribution >= 0.6 is 11.8 Å². The predicted octanol–water partition coefficient (Wildman–Crippen LogP) is 3.64. The second-order valence-corrected chi connectivity index (χ2v) is 6.68. The van der Waals surface area contributed by atoms with Gasteiger partial charge in [0.2, 0.25) is 11.8 Å². The highest BCUT2D eigenvalue weighted by Gasteiger charge is 2.11. The highest BCUT2D eigenvalue weighted by Crippen LogP contribution is 2.23. The molecule has 0 saturated heterocycles. The third kappa shape index (κ3) is 5.16. The largest absolute Gasteiger partial charge is 0.411 e. The average Bonchev–Trinajstić information content (AvgIpc) is 3.11. The van der Waals surface area contributed by atoms with E-state index in [1.165, 1.54) is 23.9 Å². The van der Waals surface area contributed by atoms with E-state index in [9.17, 15) is 9.18 Å². The summed E-state index contributed by atoms with van der Waals surface area (Å²) in [5, 5.41) is 11.2. The highest BCUT2D eigenvalue weighted by molar-refractivity contribution is 7.99. The van der Waals surface area contributed by atoms with E-state index in [-0.39, 0.29) is 17.5 Å². The van der Waals surface area contributed by atoms with Crippen molar-refractivity contribution in [3.63, 3.8) is 0 Å². The van der Waals surface area contributed by atoms with Gasteiger partial charge in [0.15, 0.2) is 0 Å². The number of hydrogen-bond acceptors (Lipinski definition) is 5. The van der Waals surface area contributed by atoms with Crippen LogP contribution in [0, 0.1) is 12.7 Å². The Morgan fingerprint density at radius 2 is 2.00 bits per heavy atom. The molecular weight excluding hydrogens is 353 g/mol.